The van der Waals surface area contributed by atoms with Gasteiger partial charge in [-0.1, -0.05) is 18.2 Å². The van der Waals surface area contributed by atoms with Crippen LogP contribution in [0.3, 0.4) is 0 Å². The lowest BCUT2D eigenvalue weighted by atomic mass is 9.94. The molecule has 6 heteroatoms. The van der Waals surface area contributed by atoms with Crippen molar-refractivity contribution in [3.05, 3.63) is 47.8 Å². The van der Waals surface area contributed by atoms with E-state index in [9.17, 15) is 4.79 Å². The van der Waals surface area contributed by atoms with Crippen LogP contribution in [0.1, 0.15) is 24.0 Å². The number of para-hydroxylation sites is 1. The molecule has 0 bridgehead atoms. The summed E-state index contributed by atoms with van der Waals surface area (Å²) in [6, 6.07) is 7.86. The molecule has 1 aromatic heterocycles. The van der Waals surface area contributed by atoms with E-state index in [2.05, 4.69) is 21.8 Å². The topological polar surface area (TPSA) is 68.2 Å². The van der Waals surface area contributed by atoms with Gasteiger partial charge >= 0.3 is 6.03 Å². The fraction of sp³-hybridized carbons (Fsp3) is 0.412. The van der Waals surface area contributed by atoms with Gasteiger partial charge in [0.25, 0.3) is 0 Å². The van der Waals surface area contributed by atoms with Crippen molar-refractivity contribution in [2.45, 2.75) is 25.3 Å². The molecule has 0 radical (unpaired) electrons. The number of fused-ring (bicyclic) bond motifs is 1. The molecule has 2 heterocycles. The van der Waals surface area contributed by atoms with E-state index in [4.69, 9.17) is 4.74 Å². The number of benzene rings is 1. The van der Waals surface area contributed by atoms with Crippen molar-refractivity contribution >= 4 is 6.03 Å². The van der Waals surface area contributed by atoms with Crippen LogP contribution in [0, 0.1) is 0 Å². The number of hydrogen-bond acceptors (Lipinski definition) is 3. The zero-order valence-corrected chi connectivity index (χ0v) is 13.5. The van der Waals surface area contributed by atoms with Crippen molar-refractivity contribution in [3.63, 3.8) is 0 Å². The van der Waals surface area contributed by atoms with E-state index in [-0.39, 0.29) is 18.0 Å². The molecule has 2 amide bonds. The number of rotatable bonds is 5. The minimum absolute atomic E-state index is 0.0111. The summed E-state index contributed by atoms with van der Waals surface area (Å²) in [5.41, 5.74) is 2.27. The molecular formula is C17H22N4O2. The Balaban J connectivity index is 1.46. The second-order valence-electron chi connectivity index (χ2n) is 5.92. The van der Waals surface area contributed by atoms with Gasteiger partial charge in [-0.2, -0.15) is 5.10 Å². The van der Waals surface area contributed by atoms with Crippen molar-refractivity contribution in [2.24, 2.45) is 7.05 Å². The van der Waals surface area contributed by atoms with E-state index in [1.54, 1.807) is 4.68 Å². The van der Waals surface area contributed by atoms with E-state index in [1.807, 2.05) is 44.6 Å². The molecule has 0 spiro atoms. The summed E-state index contributed by atoms with van der Waals surface area (Å²) in [7, 11) is 1.88. The number of nitrogens with zero attached hydrogens (tertiary/aromatic N) is 2. The largest absolute Gasteiger partial charge is 0.493 e. The lowest BCUT2D eigenvalue weighted by molar-refractivity contribution is 0.233. The minimum atomic E-state index is -0.147. The lowest BCUT2D eigenvalue weighted by Gasteiger charge is -2.20. The van der Waals surface area contributed by atoms with E-state index >= 15 is 0 Å². The van der Waals surface area contributed by atoms with Crippen molar-refractivity contribution in [1.82, 2.24) is 20.4 Å². The first kappa shape index (κ1) is 15.4. The number of nitrogens with one attached hydrogen (secondary N) is 2. The van der Waals surface area contributed by atoms with Gasteiger partial charge in [0.05, 0.1) is 12.8 Å². The van der Waals surface area contributed by atoms with Crippen LogP contribution >= 0.6 is 0 Å². The Bertz CT molecular complexity index is 683. The Labute approximate surface area is 135 Å². The monoisotopic (exact) mass is 314 g/mol. The van der Waals surface area contributed by atoms with Crippen LogP contribution in [-0.2, 0) is 13.5 Å². The smallest absolute Gasteiger partial charge is 0.315 e. The maximum atomic E-state index is 12.0. The van der Waals surface area contributed by atoms with Crippen LogP contribution in [0.5, 0.6) is 5.75 Å². The van der Waals surface area contributed by atoms with Gasteiger partial charge in [-0.25, -0.2) is 4.79 Å². The van der Waals surface area contributed by atoms with Gasteiger partial charge in [0, 0.05) is 37.3 Å². The molecule has 2 atom stereocenters. The number of hydrogen-bond donors (Lipinski definition) is 2. The first-order chi connectivity index (χ1) is 11.1. The van der Waals surface area contributed by atoms with Crippen LogP contribution in [0.4, 0.5) is 4.79 Å². The summed E-state index contributed by atoms with van der Waals surface area (Å²) in [4.78, 5) is 12.0. The van der Waals surface area contributed by atoms with E-state index in [0.29, 0.717) is 13.2 Å². The number of carbonyl (C=O) groups excluding carboxylic acids is 1. The molecule has 0 aliphatic carbocycles. The predicted molar refractivity (Wildman–Crippen MR) is 87.6 cm³/mol. The SMILES string of the molecule is C[C@@H](NC(=O)NCCc1cnn(C)c1)[C@H]1COc2ccccc21. The second-order valence-corrected chi connectivity index (χ2v) is 5.92. The summed E-state index contributed by atoms with van der Waals surface area (Å²) in [5, 5.41) is 10.0. The zero-order chi connectivity index (χ0) is 16.2. The van der Waals surface area contributed by atoms with Gasteiger partial charge in [0.15, 0.2) is 0 Å². The van der Waals surface area contributed by atoms with Crippen molar-refractivity contribution < 1.29 is 9.53 Å². The molecule has 1 aromatic carbocycles. The summed E-state index contributed by atoms with van der Waals surface area (Å²) in [6.45, 7) is 3.20. The molecule has 23 heavy (non-hydrogen) atoms. The van der Waals surface area contributed by atoms with E-state index in [0.717, 1.165) is 23.3 Å². The molecule has 6 nitrogen and oxygen atoms in total. The van der Waals surface area contributed by atoms with Crippen LogP contribution in [-0.4, -0.2) is 35.0 Å². The molecular weight excluding hydrogens is 292 g/mol. The quantitative estimate of drug-likeness (QED) is 0.884. The van der Waals surface area contributed by atoms with Crippen LogP contribution in [0.25, 0.3) is 0 Å². The van der Waals surface area contributed by atoms with Crippen molar-refractivity contribution in [2.75, 3.05) is 13.2 Å². The summed E-state index contributed by atoms with van der Waals surface area (Å²) in [6.07, 6.45) is 4.54. The third kappa shape index (κ3) is 3.64. The highest BCUT2D eigenvalue weighted by molar-refractivity contribution is 5.74. The highest BCUT2D eigenvalue weighted by atomic mass is 16.5. The standard InChI is InChI=1S/C17H22N4O2/c1-12(15-11-23-16-6-4-3-5-14(15)16)20-17(22)18-8-7-13-9-19-21(2)10-13/h3-6,9-10,12,15H,7-8,11H2,1-2H3,(H2,18,20,22)/t12-,15-/m1/s1. The average molecular weight is 314 g/mol. The second kappa shape index (κ2) is 6.73. The molecule has 1 aliphatic rings. The number of aromatic nitrogens is 2. The summed E-state index contributed by atoms with van der Waals surface area (Å²) < 4.78 is 7.43. The van der Waals surface area contributed by atoms with E-state index in [1.165, 1.54) is 0 Å². The molecule has 2 aromatic rings. The number of amides is 2. The Morgan fingerprint density at radius 1 is 1.48 bits per heavy atom. The molecule has 0 saturated carbocycles. The van der Waals surface area contributed by atoms with Gasteiger partial charge in [0.2, 0.25) is 0 Å². The lowest BCUT2D eigenvalue weighted by Crippen LogP contribution is -2.44. The van der Waals surface area contributed by atoms with Gasteiger partial charge < -0.3 is 15.4 Å². The third-order valence-electron chi connectivity index (χ3n) is 4.16. The molecule has 122 valence electrons. The van der Waals surface area contributed by atoms with Gasteiger partial charge in [-0.15, -0.1) is 0 Å². The average Bonchev–Trinajstić information content (AvgIpc) is 3.13. The Morgan fingerprint density at radius 2 is 2.30 bits per heavy atom. The fourth-order valence-electron chi connectivity index (χ4n) is 2.88. The highest BCUT2D eigenvalue weighted by Crippen LogP contribution is 2.35. The van der Waals surface area contributed by atoms with Crippen LogP contribution in [0.15, 0.2) is 36.7 Å². The number of carbonyl (C=O) groups is 1. The third-order valence-corrected chi connectivity index (χ3v) is 4.16. The summed E-state index contributed by atoms with van der Waals surface area (Å²) >= 11 is 0. The van der Waals surface area contributed by atoms with Gasteiger partial charge in [-0.3, -0.25) is 4.68 Å². The molecule has 1 aliphatic heterocycles. The first-order valence-electron chi connectivity index (χ1n) is 7.87. The predicted octanol–water partition coefficient (Wildman–Crippen LogP) is 1.83. The Morgan fingerprint density at radius 3 is 3.09 bits per heavy atom. The molecule has 3 rings (SSSR count). The molecule has 0 unspecified atom stereocenters. The highest BCUT2D eigenvalue weighted by Gasteiger charge is 2.29. The summed E-state index contributed by atoms with van der Waals surface area (Å²) in [5.74, 6) is 1.11. The molecule has 0 fully saturated rings. The molecule has 2 N–H and O–H groups in total. The number of aryl methyl sites for hydroxylation is 1. The maximum absolute atomic E-state index is 12.0. The van der Waals surface area contributed by atoms with Crippen molar-refractivity contribution in [3.8, 4) is 5.75 Å². The van der Waals surface area contributed by atoms with Gasteiger partial charge in [-0.05, 0) is 25.0 Å². The number of ether oxygens (including phenoxy) is 1. The van der Waals surface area contributed by atoms with Crippen LogP contribution < -0.4 is 15.4 Å². The minimum Gasteiger partial charge on any atom is -0.493 e. The first-order valence-corrected chi connectivity index (χ1v) is 7.87. The normalized spacial score (nSPS) is 17.2. The fourth-order valence-corrected chi connectivity index (χ4v) is 2.88. The maximum Gasteiger partial charge on any atom is 0.315 e. The van der Waals surface area contributed by atoms with Crippen molar-refractivity contribution in [1.29, 1.82) is 0 Å². The van der Waals surface area contributed by atoms with Gasteiger partial charge in [0.1, 0.15) is 5.75 Å². The molecule has 0 saturated heterocycles. The van der Waals surface area contributed by atoms with Crippen LogP contribution in [0.2, 0.25) is 0 Å². The Hall–Kier alpha value is -2.50. The zero-order valence-electron chi connectivity index (χ0n) is 13.5. The Kier molecular flexibility index (Phi) is 4.50. The van der Waals surface area contributed by atoms with E-state index < -0.39 is 0 Å². The number of urea groups is 1.